The van der Waals surface area contributed by atoms with Gasteiger partial charge in [0.25, 0.3) is 0 Å². The molecule has 6 heteroatoms. The lowest BCUT2D eigenvalue weighted by Crippen LogP contribution is -2.45. The number of aliphatic carboxylic acids is 1. The van der Waals surface area contributed by atoms with Crippen LogP contribution in [-0.4, -0.2) is 22.4 Å². The molecule has 0 aliphatic carbocycles. The summed E-state index contributed by atoms with van der Waals surface area (Å²) < 4.78 is 4.57. The third-order valence-electron chi connectivity index (χ3n) is 1.54. The summed E-state index contributed by atoms with van der Waals surface area (Å²) in [4.78, 5) is 21.2. The molecular weight excluding hydrogens is 219 g/mol. The van der Waals surface area contributed by atoms with E-state index in [9.17, 15) is 14.7 Å². The number of esters is 1. The zero-order valence-electron chi connectivity index (χ0n) is 6.54. The van der Waals surface area contributed by atoms with E-state index in [0.717, 1.165) is 6.08 Å². The van der Waals surface area contributed by atoms with E-state index in [-0.39, 0.29) is 5.57 Å². The first-order valence-corrected chi connectivity index (χ1v) is 4.15. The summed E-state index contributed by atoms with van der Waals surface area (Å²) in [7, 11) is 0. The first kappa shape index (κ1) is 10.3. The van der Waals surface area contributed by atoms with Crippen molar-refractivity contribution in [1.82, 2.24) is 0 Å². The highest BCUT2D eigenvalue weighted by Crippen LogP contribution is 2.34. The number of cyclic esters (lactones) is 1. The van der Waals surface area contributed by atoms with Crippen molar-refractivity contribution in [2.45, 2.75) is 17.4 Å². The standard InChI is InChI=1S/C7H6Cl2O4/c1-3-2-7(9,13-6(3)12)4(8)5(10)11/h2,4H,1H3,(H,10,11)/p-1. The van der Waals surface area contributed by atoms with Crippen molar-refractivity contribution in [3.05, 3.63) is 11.6 Å². The number of rotatable bonds is 2. The van der Waals surface area contributed by atoms with Crippen LogP contribution in [0.4, 0.5) is 0 Å². The monoisotopic (exact) mass is 223 g/mol. The second kappa shape index (κ2) is 3.20. The van der Waals surface area contributed by atoms with Gasteiger partial charge in [0.2, 0.25) is 5.06 Å². The predicted molar refractivity (Wildman–Crippen MR) is 43.1 cm³/mol. The van der Waals surface area contributed by atoms with Gasteiger partial charge in [0.1, 0.15) is 5.38 Å². The van der Waals surface area contributed by atoms with Gasteiger partial charge in [-0.25, -0.2) is 4.79 Å². The van der Waals surface area contributed by atoms with Gasteiger partial charge in [-0.2, -0.15) is 0 Å². The molecule has 0 N–H and O–H groups in total. The fourth-order valence-electron chi connectivity index (χ4n) is 0.892. The van der Waals surface area contributed by atoms with Crippen LogP contribution in [0.2, 0.25) is 0 Å². The molecule has 4 nitrogen and oxygen atoms in total. The number of carboxylic acid groups (broad SMARTS) is 1. The van der Waals surface area contributed by atoms with Crippen LogP contribution in [0.1, 0.15) is 6.92 Å². The van der Waals surface area contributed by atoms with Gasteiger partial charge in [-0.05, 0) is 13.0 Å². The average molecular weight is 224 g/mol. The quantitative estimate of drug-likeness (QED) is 0.480. The molecule has 2 atom stereocenters. The summed E-state index contributed by atoms with van der Waals surface area (Å²) in [5.74, 6) is -2.27. The van der Waals surface area contributed by atoms with Gasteiger partial charge in [0, 0.05) is 5.57 Å². The molecule has 0 aromatic heterocycles. The number of halogens is 2. The van der Waals surface area contributed by atoms with Crippen molar-refractivity contribution in [3.8, 4) is 0 Å². The second-order valence-electron chi connectivity index (χ2n) is 2.60. The molecule has 0 saturated heterocycles. The van der Waals surface area contributed by atoms with Crippen LogP contribution in [0, 0.1) is 0 Å². The Kier molecular flexibility index (Phi) is 2.54. The molecule has 13 heavy (non-hydrogen) atoms. The van der Waals surface area contributed by atoms with E-state index in [1.54, 1.807) is 0 Å². The molecule has 0 amide bonds. The van der Waals surface area contributed by atoms with Crippen molar-refractivity contribution in [1.29, 1.82) is 0 Å². The summed E-state index contributed by atoms with van der Waals surface area (Å²) >= 11 is 11.0. The zero-order valence-corrected chi connectivity index (χ0v) is 8.06. The minimum Gasteiger partial charge on any atom is -0.548 e. The van der Waals surface area contributed by atoms with Crippen molar-refractivity contribution in [2.24, 2.45) is 0 Å². The first-order valence-electron chi connectivity index (χ1n) is 3.33. The molecular formula is C7H5Cl2O4-. The molecule has 0 aromatic carbocycles. The number of hydrogen-bond donors (Lipinski definition) is 0. The third kappa shape index (κ3) is 1.78. The molecule has 0 aromatic rings. The van der Waals surface area contributed by atoms with Crippen LogP contribution in [-0.2, 0) is 14.3 Å². The average Bonchev–Trinajstić information content (AvgIpc) is 2.26. The van der Waals surface area contributed by atoms with Gasteiger partial charge in [0.15, 0.2) is 0 Å². The van der Waals surface area contributed by atoms with Crippen molar-refractivity contribution >= 4 is 35.1 Å². The molecule has 0 spiro atoms. The number of carbonyl (C=O) groups excluding carboxylic acids is 2. The van der Waals surface area contributed by atoms with Crippen molar-refractivity contribution < 1.29 is 19.4 Å². The predicted octanol–water partition coefficient (Wildman–Crippen LogP) is -0.218. The van der Waals surface area contributed by atoms with E-state index in [0.29, 0.717) is 0 Å². The Hall–Kier alpha value is -0.740. The Morgan fingerprint density at radius 1 is 1.77 bits per heavy atom. The maximum Gasteiger partial charge on any atom is 0.335 e. The first-order chi connectivity index (χ1) is 5.87. The van der Waals surface area contributed by atoms with Crippen LogP contribution in [0.25, 0.3) is 0 Å². The molecule has 1 heterocycles. The normalized spacial score (nSPS) is 29.5. The van der Waals surface area contributed by atoms with Gasteiger partial charge in [-0.3, -0.25) is 0 Å². The van der Waals surface area contributed by atoms with Gasteiger partial charge < -0.3 is 14.6 Å². The number of carbonyl (C=O) groups is 2. The van der Waals surface area contributed by atoms with E-state index < -0.39 is 22.4 Å². The van der Waals surface area contributed by atoms with Crippen LogP contribution in [0.3, 0.4) is 0 Å². The number of alkyl halides is 2. The highest BCUT2D eigenvalue weighted by atomic mass is 35.5. The number of carboxylic acids is 1. The Balaban J connectivity index is 2.93. The van der Waals surface area contributed by atoms with Gasteiger partial charge >= 0.3 is 5.97 Å². The van der Waals surface area contributed by atoms with E-state index >= 15 is 0 Å². The fraction of sp³-hybridized carbons (Fsp3) is 0.429. The molecule has 1 aliphatic heterocycles. The highest BCUT2D eigenvalue weighted by Gasteiger charge is 2.43. The van der Waals surface area contributed by atoms with E-state index in [1.165, 1.54) is 6.92 Å². The molecule has 0 saturated carbocycles. The van der Waals surface area contributed by atoms with Crippen LogP contribution >= 0.6 is 23.2 Å². The van der Waals surface area contributed by atoms with Crippen LogP contribution < -0.4 is 5.11 Å². The third-order valence-corrected chi connectivity index (χ3v) is 2.56. The maximum atomic E-state index is 10.9. The summed E-state index contributed by atoms with van der Waals surface area (Å²) in [5, 5.41) is 6.94. The van der Waals surface area contributed by atoms with E-state index in [2.05, 4.69) is 4.74 Å². The summed E-state index contributed by atoms with van der Waals surface area (Å²) in [6, 6.07) is 0. The van der Waals surface area contributed by atoms with Crippen molar-refractivity contribution in [2.75, 3.05) is 0 Å². The van der Waals surface area contributed by atoms with Gasteiger partial charge in [-0.15, -0.1) is 11.6 Å². The highest BCUT2D eigenvalue weighted by molar-refractivity contribution is 6.39. The Labute approximate surface area is 84.1 Å². The Morgan fingerprint density at radius 3 is 2.62 bits per heavy atom. The lowest BCUT2D eigenvalue weighted by atomic mass is 10.2. The summed E-state index contributed by atoms with van der Waals surface area (Å²) in [5.41, 5.74) is 0.224. The largest absolute Gasteiger partial charge is 0.548 e. The molecule has 72 valence electrons. The molecule has 1 aliphatic rings. The SMILES string of the molecule is CC1=CC(Cl)(C(Cl)C(=O)[O-])OC1=O. The lowest BCUT2D eigenvalue weighted by molar-refractivity contribution is -0.306. The fourth-order valence-corrected chi connectivity index (χ4v) is 1.32. The molecule has 0 bridgehead atoms. The second-order valence-corrected chi connectivity index (χ2v) is 3.62. The number of ether oxygens (including phenoxy) is 1. The smallest absolute Gasteiger partial charge is 0.335 e. The Bertz CT molecular complexity index is 299. The number of hydrogen-bond acceptors (Lipinski definition) is 4. The summed E-state index contributed by atoms with van der Waals surface area (Å²) in [6.45, 7) is 1.45. The van der Waals surface area contributed by atoms with Crippen LogP contribution in [0.15, 0.2) is 11.6 Å². The Morgan fingerprint density at radius 2 is 2.31 bits per heavy atom. The minimum absolute atomic E-state index is 0.224. The zero-order chi connectivity index (χ0) is 10.2. The molecule has 0 radical (unpaired) electrons. The molecule has 0 fully saturated rings. The minimum atomic E-state index is -1.82. The molecule has 2 unspecified atom stereocenters. The summed E-state index contributed by atoms with van der Waals surface area (Å²) in [6.07, 6.45) is 1.16. The van der Waals surface area contributed by atoms with Gasteiger partial charge in [-0.1, -0.05) is 11.6 Å². The van der Waals surface area contributed by atoms with E-state index in [4.69, 9.17) is 23.2 Å². The van der Waals surface area contributed by atoms with Crippen molar-refractivity contribution in [3.63, 3.8) is 0 Å². The topological polar surface area (TPSA) is 66.4 Å². The van der Waals surface area contributed by atoms with Crippen LogP contribution in [0.5, 0.6) is 0 Å². The lowest BCUT2D eigenvalue weighted by Gasteiger charge is -2.24. The molecule has 1 rings (SSSR count). The van der Waals surface area contributed by atoms with E-state index in [1.807, 2.05) is 0 Å². The van der Waals surface area contributed by atoms with Gasteiger partial charge in [0.05, 0.1) is 5.97 Å². The maximum absolute atomic E-state index is 10.9.